The predicted octanol–water partition coefficient (Wildman–Crippen LogP) is 5.04. The second kappa shape index (κ2) is 7.31. The van der Waals surface area contributed by atoms with Crippen LogP contribution in [0.5, 0.6) is 5.75 Å². The average Bonchev–Trinajstić information content (AvgIpc) is 2.55. The Morgan fingerprint density at radius 2 is 1.71 bits per heavy atom. The summed E-state index contributed by atoms with van der Waals surface area (Å²) in [5, 5.41) is 6.50. The molecule has 0 aliphatic heterocycles. The van der Waals surface area contributed by atoms with E-state index in [1.54, 1.807) is 7.11 Å². The van der Waals surface area contributed by atoms with Crippen molar-refractivity contribution in [2.75, 3.05) is 17.7 Å². The number of hydrogen-bond donors (Lipinski definition) is 2. The van der Waals surface area contributed by atoms with Crippen LogP contribution >= 0.6 is 15.9 Å². The molecule has 0 amide bonds. The molecule has 0 spiro atoms. The molecule has 3 aromatic rings. The molecular weight excluding hydrogens is 368 g/mol. The molecule has 3 rings (SSSR count). The van der Waals surface area contributed by atoms with Crippen LogP contribution in [-0.2, 0) is 0 Å². The van der Waals surface area contributed by atoms with Crippen molar-refractivity contribution in [1.82, 2.24) is 9.97 Å². The lowest BCUT2D eigenvalue weighted by molar-refractivity contribution is 0.415. The maximum Gasteiger partial charge on any atom is 0.229 e. The summed E-state index contributed by atoms with van der Waals surface area (Å²) < 4.78 is 6.16. The van der Waals surface area contributed by atoms with E-state index in [4.69, 9.17) is 4.74 Å². The van der Waals surface area contributed by atoms with Crippen LogP contribution in [0.4, 0.5) is 23.1 Å². The number of benzene rings is 2. The Kier molecular flexibility index (Phi) is 4.96. The summed E-state index contributed by atoms with van der Waals surface area (Å²) in [4.78, 5) is 8.95. The maximum absolute atomic E-state index is 5.17. The third-order valence-electron chi connectivity index (χ3n) is 3.30. The van der Waals surface area contributed by atoms with Gasteiger partial charge in [0.25, 0.3) is 0 Å². The third-order valence-corrected chi connectivity index (χ3v) is 3.79. The van der Waals surface area contributed by atoms with Crippen LogP contribution in [0.1, 0.15) is 5.69 Å². The zero-order chi connectivity index (χ0) is 16.9. The summed E-state index contributed by atoms with van der Waals surface area (Å²) in [6.45, 7) is 1.94. The van der Waals surface area contributed by atoms with Crippen molar-refractivity contribution in [2.24, 2.45) is 0 Å². The summed E-state index contributed by atoms with van der Waals surface area (Å²) in [7, 11) is 1.65. The summed E-state index contributed by atoms with van der Waals surface area (Å²) in [5.41, 5.74) is 2.73. The van der Waals surface area contributed by atoms with Gasteiger partial charge in [-0.3, -0.25) is 0 Å². The first-order valence-corrected chi connectivity index (χ1v) is 8.21. The number of halogens is 1. The lowest BCUT2D eigenvalue weighted by atomic mass is 10.3. The van der Waals surface area contributed by atoms with Gasteiger partial charge in [-0.05, 0) is 49.4 Å². The van der Waals surface area contributed by atoms with Crippen molar-refractivity contribution < 1.29 is 4.74 Å². The highest BCUT2D eigenvalue weighted by Gasteiger charge is 2.04. The minimum absolute atomic E-state index is 0.545. The molecule has 24 heavy (non-hydrogen) atoms. The first-order chi connectivity index (χ1) is 11.6. The number of rotatable bonds is 5. The fraction of sp³-hybridized carbons (Fsp3) is 0.111. The fourth-order valence-electron chi connectivity index (χ4n) is 2.21. The number of aromatic nitrogens is 2. The van der Waals surface area contributed by atoms with Crippen LogP contribution in [0.15, 0.2) is 59.1 Å². The second-order valence-corrected chi connectivity index (χ2v) is 6.12. The van der Waals surface area contributed by atoms with E-state index in [2.05, 4.69) is 36.5 Å². The largest absolute Gasteiger partial charge is 0.497 e. The lowest BCUT2D eigenvalue weighted by Crippen LogP contribution is -2.02. The van der Waals surface area contributed by atoms with E-state index in [-0.39, 0.29) is 0 Å². The van der Waals surface area contributed by atoms with Crippen molar-refractivity contribution in [3.63, 3.8) is 0 Å². The zero-order valence-corrected chi connectivity index (χ0v) is 15.0. The maximum atomic E-state index is 5.17. The van der Waals surface area contributed by atoms with E-state index in [1.165, 1.54) is 0 Å². The summed E-state index contributed by atoms with van der Waals surface area (Å²) in [6.07, 6.45) is 0. The van der Waals surface area contributed by atoms with Crippen LogP contribution < -0.4 is 15.4 Å². The predicted molar refractivity (Wildman–Crippen MR) is 100 cm³/mol. The van der Waals surface area contributed by atoms with Gasteiger partial charge in [0.1, 0.15) is 11.6 Å². The van der Waals surface area contributed by atoms with Gasteiger partial charge < -0.3 is 15.4 Å². The topological polar surface area (TPSA) is 59.1 Å². The van der Waals surface area contributed by atoms with Crippen molar-refractivity contribution in [3.8, 4) is 5.75 Å². The minimum atomic E-state index is 0.545. The van der Waals surface area contributed by atoms with Crippen molar-refractivity contribution in [2.45, 2.75) is 6.92 Å². The molecule has 1 aromatic heterocycles. The van der Waals surface area contributed by atoms with E-state index in [0.717, 1.165) is 33.1 Å². The van der Waals surface area contributed by atoms with Crippen LogP contribution in [-0.4, -0.2) is 17.1 Å². The highest BCUT2D eigenvalue weighted by atomic mass is 79.9. The number of ether oxygens (including phenoxy) is 1. The zero-order valence-electron chi connectivity index (χ0n) is 13.4. The van der Waals surface area contributed by atoms with E-state index in [0.29, 0.717) is 5.95 Å². The molecule has 0 aliphatic rings. The van der Waals surface area contributed by atoms with Gasteiger partial charge in [-0.2, -0.15) is 4.98 Å². The number of nitrogens with zero attached hydrogens (tertiary/aromatic N) is 2. The molecule has 122 valence electrons. The smallest absolute Gasteiger partial charge is 0.229 e. The summed E-state index contributed by atoms with van der Waals surface area (Å²) in [5.74, 6) is 2.09. The monoisotopic (exact) mass is 384 g/mol. The molecule has 0 bridgehead atoms. The Balaban J connectivity index is 1.80. The van der Waals surface area contributed by atoms with Gasteiger partial charge in [-0.15, -0.1) is 0 Å². The van der Waals surface area contributed by atoms with Gasteiger partial charge in [-0.25, -0.2) is 4.98 Å². The highest BCUT2D eigenvalue weighted by Crippen LogP contribution is 2.22. The molecular formula is C18H17BrN4O. The van der Waals surface area contributed by atoms with Crippen LogP contribution in [0, 0.1) is 6.92 Å². The van der Waals surface area contributed by atoms with Gasteiger partial charge in [-0.1, -0.05) is 22.0 Å². The molecule has 2 aromatic carbocycles. The van der Waals surface area contributed by atoms with Crippen molar-refractivity contribution >= 4 is 39.1 Å². The van der Waals surface area contributed by atoms with Gasteiger partial charge in [0.15, 0.2) is 0 Å². The molecule has 0 saturated carbocycles. The fourth-order valence-corrected chi connectivity index (χ4v) is 2.61. The number of anilines is 4. The molecule has 0 aliphatic carbocycles. The minimum Gasteiger partial charge on any atom is -0.497 e. The van der Waals surface area contributed by atoms with Crippen molar-refractivity contribution in [3.05, 3.63) is 64.8 Å². The van der Waals surface area contributed by atoms with Gasteiger partial charge >= 0.3 is 0 Å². The van der Waals surface area contributed by atoms with Crippen molar-refractivity contribution in [1.29, 1.82) is 0 Å². The number of nitrogens with one attached hydrogen (secondary N) is 2. The molecule has 5 nitrogen and oxygen atoms in total. The normalized spacial score (nSPS) is 10.3. The van der Waals surface area contributed by atoms with Gasteiger partial charge in [0.05, 0.1) is 7.11 Å². The van der Waals surface area contributed by atoms with E-state index >= 15 is 0 Å². The average molecular weight is 385 g/mol. The Bertz CT molecular complexity index is 837. The molecule has 0 unspecified atom stereocenters. The molecule has 0 saturated heterocycles. The highest BCUT2D eigenvalue weighted by molar-refractivity contribution is 9.10. The number of aryl methyl sites for hydroxylation is 1. The molecule has 2 N–H and O–H groups in total. The van der Waals surface area contributed by atoms with E-state index in [9.17, 15) is 0 Å². The van der Waals surface area contributed by atoms with Gasteiger partial charge in [0.2, 0.25) is 5.95 Å². The van der Waals surface area contributed by atoms with Crippen LogP contribution in [0.3, 0.4) is 0 Å². The Morgan fingerprint density at radius 1 is 0.917 bits per heavy atom. The Hall–Kier alpha value is -2.60. The first-order valence-electron chi connectivity index (χ1n) is 7.42. The SMILES string of the molecule is COc1ccc(Nc2cc(C)nc(Nc3cccc(Br)c3)n2)cc1. The summed E-state index contributed by atoms with van der Waals surface area (Å²) >= 11 is 3.46. The quantitative estimate of drug-likeness (QED) is 0.644. The molecule has 0 radical (unpaired) electrons. The summed E-state index contributed by atoms with van der Waals surface area (Å²) in [6, 6.07) is 17.5. The lowest BCUT2D eigenvalue weighted by Gasteiger charge is -2.10. The molecule has 0 atom stereocenters. The van der Waals surface area contributed by atoms with Gasteiger partial charge in [0, 0.05) is 27.6 Å². The second-order valence-electron chi connectivity index (χ2n) is 5.21. The molecule has 6 heteroatoms. The molecule has 0 fully saturated rings. The van der Waals surface area contributed by atoms with E-state index in [1.807, 2.05) is 61.5 Å². The number of hydrogen-bond acceptors (Lipinski definition) is 5. The Labute approximate surface area is 149 Å². The Morgan fingerprint density at radius 3 is 2.42 bits per heavy atom. The standard InChI is InChI=1S/C18H17BrN4O/c1-12-10-17(21-14-6-8-16(24-2)9-7-14)23-18(20-12)22-15-5-3-4-13(19)11-15/h3-11H,1-2H3,(H2,20,21,22,23). The van der Waals surface area contributed by atoms with Crippen LogP contribution in [0.2, 0.25) is 0 Å². The van der Waals surface area contributed by atoms with Crippen LogP contribution in [0.25, 0.3) is 0 Å². The molecule has 1 heterocycles. The third kappa shape index (κ3) is 4.23. The number of methoxy groups -OCH3 is 1. The van der Waals surface area contributed by atoms with E-state index < -0.39 is 0 Å². The first kappa shape index (κ1) is 16.3.